The third-order valence-electron chi connectivity index (χ3n) is 2.21. The molecule has 0 aliphatic carbocycles. The van der Waals surface area contributed by atoms with Crippen molar-refractivity contribution in [2.75, 3.05) is 18.1 Å². The van der Waals surface area contributed by atoms with Gasteiger partial charge in [-0.15, -0.1) is 0 Å². The van der Waals surface area contributed by atoms with Crippen LogP contribution < -0.4 is 9.64 Å². The van der Waals surface area contributed by atoms with Gasteiger partial charge in [0.1, 0.15) is 6.54 Å². The van der Waals surface area contributed by atoms with Crippen molar-refractivity contribution >= 4 is 40.8 Å². The standard InChI is InChI=1S/C10H7Cl2NO4/c11-5-1-6(12)10-7(2-5)13(3-9(15)16)8(14)4-17-10/h1-2H,3-4H2,(H,15,16). The number of halogens is 2. The van der Waals surface area contributed by atoms with E-state index in [2.05, 4.69) is 0 Å². The van der Waals surface area contributed by atoms with Gasteiger partial charge in [-0.05, 0) is 12.1 Å². The molecular formula is C10H7Cl2NO4. The molecule has 0 unspecified atom stereocenters. The second-order valence-corrected chi connectivity index (χ2v) is 4.24. The van der Waals surface area contributed by atoms with Crippen LogP contribution in [0.4, 0.5) is 5.69 Å². The third-order valence-corrected chi connectivity index (χ3v) is 2.71. The van der Waals surface area contributed by atoms with Crippen molar-refractivity contribution in [1.29, 1.82) is 0 Å². The van der Waals surface area contributed by atoms with Gasteiger partial charge in [0, 0.05) is 5.02 Å². The Morgan fingerprint density at radius 1 is 1.47 bits per heavy atom. The number of carboxylic acid groups (broad SMARTS) is 1. The Morgan fingerprint density at radius 2 is 2.18 bits per heavy atom. The van der Waals surface area contributed by atoms with Crippen LogP contribution in [0.15, 0.2) is 12.1 Å². The van der Waals surface area contributed by atoms with Crippen molar-refractivity contribution in [2.45, 2.75) is 0 Å². The van der Waals surface area contributed by atoms with Crippen molar-refractivity contribution in [2.24, 2.45) is 0 Å². The van der Waals surface area contributed by atoms with E-state index in [-0.39, 0.29) is 23.1 Å². The zero-order chi connectivity index (χ0) is 12.6. The Bertz CT molecular complexity index is 503. The number of benzene rings is 1. The van der Waals surface area contributed by atoms with Gasteiger partial charge in [-0.1, -0.05) is 23.2 Å². The van der Waals surface area contributed by atoms with E-state index in [1.165, 1.54) is 12.1 Å². The second kappa shape index (κ2) is 4.43. The lowest BCUT2D eigenvalue weighted by molar-refractivity contribution is -0.137. The Morgan fingerprint density at radius 3 is 2.82 bits per heavy atom. The predicted octanol–water partition coefficient (Wildman–Crippen LogP) is 1.80. The van der Waals surface area contributed by atoms with Crippen LogP contribution in [0.5, 0.6) is 5.75 Å². The molecule has 2 rings (SSSR count). The molecule has 1 aliphatic heterocycles. The molecule has 1 aliphatic rings. The number of hydrogen-bond acceptors (Lipinski definition) is 3. The molecule has 1 heterocycles. The number of anilines is 1. The van der Waals surface area contributed by atoms with E-state index >= 15 is 0 Å². The van der Waals surface area contributed by atoms with E-state index < -0.39 is 18.4 Å². The summed E-state index contributed by atoms with van der Waals surface area (Å²) in [7, 11) is 0. The van der Waals surface area contributed by atoms with Crippen molar-refractivity contribution < 1.29 is 19.4 Å². The van der Waals surface area contributed by atoms with E-state index in [1.54, 1.807) is 0 Å². The molecule has 0 atom stereocenters. The number of carbonyl (C=O) groups excluding carboxylic acids is 1. The highest BCUT2D eigenvalue weighted by molar-refractivity contribution is 6.36. The van der Waals surface area contributed by atoms with Gasteiger partial charge in [-0.25, -0.2) is 0 Å². The first-order chi connectivity index (χ1) is 7.99. The van der Waals surface area contributed by atoms with Crippen LogP contribution in [0.1, 0.15) is 0 Å². The van der Waals surface area contributed by atoms with Crippen LogP contribution in [0.3, 0.4) is 0 Å². The Balaban J connectivity index is 2.50. The molecule has 0 fully saturated rings. The van der Waals surface area contributed by atoms with Crippen molar-refractivity contribution in [3.63, 3.8) is 0 Å². The average Bonchev–Trinajstić information content (AvgIpc) is 2.21. The topological polar surface area (TPSA) is 66.8 Å². The highest BCUT2D eigenvalue weighted by Gasteiger charge is 2.29. The number of hydrogen-bond donors (Lipinski definition) is 1. The van der Waals surface area contributed by atoms with Gasteiger partial charge < -0.3 is 9.84 Å². The molecule has 0 spiro atoms. The summed E-state index contributed by atoms with van der Waals surface area (Å²) in [4.78, 5) is 23.3. The lowest BCUT2D eigenvalue weighted by Gasteiger charge is -2.28. The average molecular weight is 276 g/mol. The summed E-state index contributed by atoms with van der Waals surface area (Å²) in [6.07, 6.45) is 0. The lowest BCUT2D eigenvalue weighted by atomic mass is 10.2. The largest absolute Gasteiger partial charge is 0.480 e. The first kappa shape index (κ1) is 12.0. The summed E-state index contributed by atoms with van der Waals surface area (Å²) in [5.41, 5.74) is 0.279. The van der Waals surface area contributed by atoms with Crippen LogP contribution in [-0.4, -0.2) is 30.1 Å². The zero-order valence-electron chi connectivity index (χ0n) is 8.44. The minimum atomic E-state index is -1.12. The van der Waals surface area contributed by atoms with Gasteiger partial charge in [0.15, 0.2) is 12.4 Å². The zero-order valence-corrected chi connectivity index (χ0v) is 9.96. The van der Waals surface area contributed by atoms with Crippen molar-refractivity contribution in [3.05, 3.63) is 22.2 Å². The number of carbonyl (C=O) groups is 2. The number of fused-ring (bicyclic) bond motifs is 1. The number of rotatable bonds is 2. The molecule has 0 saturated heterocycles. The van der Waals surface area contributed by atoms with Gasteiger partial charge in [-0.3, -0.25) is 14.5 Å². The number of carboxylic acids is 1. The SMILES string of the molecule is O=C(O)CN1C(=O)COc2c(Cl)cc(Cl)cc21. The van der Waals surface area contributed by atoms with Crippen molar-refractivity contribution in [3.8, 4) is 5.75 Å². The maximum atomic E-state index is 11.6. The highest BCUT2D eigenvalue weighted by Crippen LogP contribution is 2.40. The molecule has 0 saturated carbocycles. The normalized spacial score (nSPS) is 14.2. The first-order valence-electron chi connectivity index (χ1n) is 4.63. The van der Waals surface area contributed by atoms with Crippen LogP contribution in [0, 0.1) is 0 Å². The number of nitrogens with zero attached hydrogens (tertiary/aromatic N) is 1. The highest BCUT2D eigenvalue weighted by atomic mass is 35.5. The third kappa shape index (κ3) is 2.30. The summed E-state index contributed by atoms with van der Waals surface area (Å²) in [5, 5.41) is 9.30. The minimum Gasteiger partial charge on any atom is -0.480 e. The van der Waals surface area contributed by atoms with E-state index in [4.69, 9.17) is 33.0 Å². The van der Waals surface area contributed by atoms with Gasteiger partial charge >= 0.3 is 5.97 Å². The molecule has 0 bridgehead atoms. The summed E-state index contributed by atoms with van der Waals surface area (Å²) in [6.45, 7) is -0.687. The fourth-order valence-corrected chi connectivity index (χ4v) is 2.08. The molecule has 17 heavy (non-hydrogen) atoms. The minimum absolute atomic E-state index is 0.234. The summed E-state index contributed by atoms with van der Waals surface area (Å²) < 4.78 is 5.16. The van der Waals surface area contributed by atoms with Gasteiger partial charge in [0.05, 0.1) is 10.7 Å². The summed E-state index contributed by atoms with van der Waals surface area (Å²) in [5.74, 6) is -1.29. The smallest absolute Gasteiger partial charge is 0.323 e. The molecule has 1 aromatic rings. The maximum absolute atomic E-state index is 11.6. The fourth-order valence-electron chi connectivity index (χ4n) is 1.54. The molecule has 1 N–H and O–H groups in total. The lowest BCUT2D eigenvalue weighted by Crippen LogP contribution is -2.42. The molecule has 90 valence electrons. The molecule has 5 nitrogen and oxygen atoms in total. The van der Waals surface area contributed by atoms with Crippen LogP contribution >= 0.6 is 23.2 Å². The number of amides is 1. The van der Waals surface area contributed by atoms with Gasteiger partial charge in [-0.2, -0.15) is 0 Å². The second-order valence-electron chi connectivity index (χ2n) is 3.40. The van der Waals surface area contributed by atoms with E-state index in [0.717, 1.165) is 4.90 Å². The predicted molar refractivity (Wildman–Crippen MR) is 61.9 cm³/mol. The molecule has 0 radical (unpaired) electrons. The molecule has 7 heteroatoms. The van der Waals surface area contributed by atoms with Gasteiger partial charge in [0.2, 0.25) is 0 Å². The van der Waals surface area contributed by atoms with Crippen molar-refractivity contribution in [1.82, 2.24) is 0 Å². The maximum Gasteiger partial charge on any atom is 0.323 e. The first-order valence-corrected chi connectivity index (χ1v) is 5.38. The quantitative estimate of drug-likeness (QED) is 0.894. The summed E-state index contributed by atoms with van der Waals surface area (Å²) in [6, 6.07) is 2.92. The van der Waals surface area contributed by atoms with Gasteiger partial charge in [0.25, 0.3) is 5.91 Å². The monoisotopic (exact) mass is 275 g/mol. The van der Waals surface area contributed by atoms with Crippen LogP contribution in [0.25, 0.3) is 0 Å². The Kier molecular flexibility index (Phi) is 3.13. The van der Waals surface area contributed by atoms with Crippen LogP contribution in [0.2, 0.25) is 10.0 Å². The molecular weight excluding hydrogens is 269 g/mol. The Labute approximate surface area is 106 Å². The summed E-state index contributed by atoms with van der Waals surface area (Å²) >= 11 is 11.7. The Hall–Kier alpha value is -1.46. The molecule has 1 aromatic carbocycles. The number of aliphatic carboxylic acids is 1. The van der Waals surface area contributed by atoms with E-state index in [1.807, 2.05) is 0 Å². The fraction of sp³-hybridized carbons (Fsp3) is 0.200. The van der Waals surface area contributed by atoms with E-state index in [9.17, 15) is 9.59 Å². The van der Waals surface area contributed by atoms with E-state index in [0.29, 0.717) is 5.02 Å². The molecule has 0 aromatic heterocycles. The number of ether oxygens (including phenoxy) is 1. The molecule has 1 amide bonds. The van der Waals surface area contributed by atoms with Crippen LogP contribution in [-0.2, 0) is 9.59 Å².